The number of piperidine rings is 1. The molecule has 0 bridgehead atoms. The molecule has 1 heterocycles. The molecule has 2 unspecified atom stereocenters. The summed E-state index contributed by atoms with van der Waals surface area (Å²) in [5.74, 6) is -0.645. The quantitative estimate of drug-likeness (QED) is 0.799. The maximum absolute atomic E-state index is 13.8. The number of halogens is 4. The number of hydrogen-bond donors (Lipinski definition) is 1. The highest BCUT2D eigenvalue weighted by Crippen LogP contribution is 2.33. The molecule has 0 saturated carbocycles. The largest absolute Gasteiger partial charge is 0.416 e. The number of benzene rings is 1. The maximum atomic E-state index is 13.8. The molecule has 0 aliphatic carbocycles. The van der Waals surface area contributed by atoms with Crippen LogP contribution in [0, 0.1) is 11.7 Å². The van der Waals surface area contributed by atoms with Crippen LogP contribution in [0.25, 0.3) is 0 Å². The van der Waals surface area contributed by atoms with E-state index >= 15 is 0 Å². The fraction of sp³-hybridized carbons (Fsp3) is 0.538. The van der Waals surface area contributed by atoms with E-state index in [4.69, 9.17) is 5.73 Å². The van der Waals surface area contributed by atoms with Crippen LogP contribution in [-0.2, 0) is 6.18 Å². The minimum Gasteiger partial charge on any atom is -0.369 e. The lowest BCUT2D eigenvalue weighted by Gasteiger charge is -2.36. The van der Waals surface area contributed by atoms with Crippen LogP contribution < -0.4 is 10.6 Å². The molecule has 2 atom stereocenters. The summed E-state index contributed by atoms with van der Waals surface area (Å²) < 4.78 is 51.2. The second kappa shape index (κ2) is 5.00. The molecular formula is C13H16F4N2. The van der Waals surface area contributed by atoms with Crippen molar-refractivity contribution in [2.75, 3.05) is 18.0 Å². The van der Waals surface area contributed by atoms with E-state index in [9.17, 15) is 17.6 Å². The second-order valence-corrected chi connectivity index (χ2v) is 5.04. The molecule has 2 rings (SSSR count). The minimum absolute atomic E-state index is 0.0637. The number of hydrogen-bond acceptors (Lipinski definition) is 2. The summed E-state index contributed by atoms with van der Waals surface area (Å²) in [4.78, 5) is 1.75. The number of nitrogens with two attached hydrogens (primary N) is 1. The molecule has 19 heavy (non-hydrogen) atoms. The van der Waals surface area contributed by atoms with Crippen LogP contribution >= 0.6 is 0 Å². The zero-order valence-corrected chi connectivity index (χ0v) is 10.5. The number of anilines is 1. The summed E-state index contributed by atoms with van der Waals surface area (Å²) in [7, 11) is 0. The van der Waals surface area contributed by atoms with E-state index in [0.717, 1.165) is 6.07 Å². The van der Waals surface area contributed by atoms with E-state index in [1.165, 1.54) is 6.07 Å². The van der Waals surface area contributed by atoms with Gasteiger partial charge in [-0.2, -0.15) is 13.2 Å². The smallest absolute Gasteiger partial charge is 0.369 e. The van der Waals surface area contributed by atoms with Gasteiger partial charge in [0.25, 0.3) is 0 Å². The molecule has 0 radical (unpaired) electrons. The van der Waals surface area contributed by atoms with Gasteiger partial charge in [0.15, 0.2) is 0 Å². The van der Waals surface area contributed by atoms with E-state index in [1.807, 2.05) is 6.92 Å². The average Bonchev–Trinajstić information content (AvgIpc) is 2.31. The van der Waals surface area contributed by atoms with Gasteiger partial charge in [-0.05, 0) is 30.5 Å². The van der Waals surface area contributed by atoms with Gasteiger partial charge in [0.05, 0.1) is 11.3 Å². The molecule has 1 aromatic carbocycles. The van der Waals surface area contributed by atoms with Crippen molar-refractivity contribution in [2.45, 2.75) is 25.6 Å². The van der Waals surface area contributed by atoms with E-state index in [1.54, 1.807) is 4.90 Å². The van der Waals surface area contributed by atoms with Crippen LogP contribution in [0.2, 0.25) is 0 Å². The minimum atomic E-state index is -4.52. The summed E-state index contributed by atoms with van der Waals surface area (Å²) >= 11 is 0. The zero-order valence-electron chi connectivity index (χ0n) is 10.5. The molecule has 2 nitrogen and oxygen atoms in total. The SMILES string of the molecule is CC1CN(c2ccc(C(F)(F)F)cc2F)CCC1N. The molecule has 0 spiro atoms. The van der Waals surface area contributed by atoms with Crippen molar-refractivity contribution >= 4 is 5.69 Å². The Labute approximate surface area is 109 Å². The van der Waals surface area contributed by atoms with E-state index in [-0.39, 0.29) is 17.6 Å². The molecule has 2 N–H and O–H groups in total. The standard InChI is InChI=1S/C13H16F4N2/c1-8-7-19(5-4-11(8)18)12-3-2-9(6-10(12)14)13(15,16)17/h2-3,6,8,11H,4-5,7,18H2,1H3. The fourth-order valence-corrected chi connectivity index (χ4v) is 2.32. The third-order valence-corrected chi connectivity index (χ3v) is 3.59. The first-order valence-corrected chi connectivity index (χ1v) is 6.16. The van der Waals surface area contributed by atoms with Crippen LogP contribution in [0.3, 0.4) is 0 Å². The number of rotatable bonds is 1. The Morgan fingerprint density at radius 1 is 1.32 bits per heavy atom. The Kier molecular flexibility index (Phi) is 3.71. The number of nitrogens with zero attached hydrogens (tertiary/aromatic N) is 1. The average molecular weight is 276 g/mol. The highest BCUT2D eigenvalue weighted by molar-refractivity contribution is 5.50. The van der Waals surface area contributed by atoms with Gasteiger partial charge in [-0.3, -0.25) is 0 Å². The summed E-state index contributed by atoms with van der Waals surface area (Å²) in [6.45, 7) is 3.08. The molecule has 1 aliphatic rings. The number of alkyl halides is 3. The van der Waals surface area contributed by atoms with Gasteiger partial charge in [0.1, 0.15) is 5.82 Å². The molecular weight excluding hydrogens is 260 g/mol. The normalized spacial score (nSPS) is 24.6. The van der Waals surface area contributed by atoms with Crippen molar-refractivity contribution in [3.8, 4) is 0 Å². The van der Waals surface area contributed by atoms with E-state index in [2.05, 4.69) is 0 Å². The molecule has 1 fully saturated rings. The molecule has 106 valence electrons. The fourth-order valence-electron chi connectivity index (χ4n) is 2.32. The first-order chi connectivity index (χ1) is 8.79. The van der Waals surface area contributed by atoms with Crippen LogP contribution in [-0.4, -0.2) is 19.1 Å². The summed E-state index contributed by atoms with van der Waals surface area (Å²) in [5.41, 5.74) is 5.12. The highest BCUT2D eigenvalue weighted by Gasteiger charge is 2.32. The van der Waals surface area contributed by atoms with Crippen LogP contribution in [0.4, 0.5) is 23.2 Å². The van der Waals surface area contributed by atoms with Gasteiger partial charge < -0.3 is 10.6 Å². The lowest BCUT2D eigenvalue weighted by atomic mass is 9.94. The second-order valence-electron chi connectivity index (χ2n) is 5.04. The Bertz CT molecular complexity index is 458. The molecule has 1 aromatic rings. The Balaban J connectivity index is 2.22. The molecule has 0 aromatic heterocycles. The van der Waals surface area contributed by atoms with E-state index < -0.39 is 17.6 Å². The van der Waals surface area contributed by atoms with Crippen LogP contribution in [0.1, 0.15) is 18.9 Å². The molecule has 0 amide bonds. The zero-order chi connectivity index (χ0) is 14.2. The Morgan fingerprint density at radius 2 is 2.00 bits per heavy atom. The lowest BCUT2D eigenvalue weighted by molar-refractivity contribution is -0.137. The van der Waals surface area contributed by atoms with Crippen molar-refractivity contribution < 1.29 is 17.6 Å². The van der Waals surface area contributed by atoms with Gasteiger partial charge in [0.2, 0.25) is 0 Å². The van der Waals surface area contributed by atoms with Gasteiger partial charge in [0, 0.05) is 19.1 Å². The first-order valence-electron chi connectivity index (χ1n) is 6.16. The van der Waals surface area contributed by atoms with Gasteiger partial charge in [-0.15, -0.1) is 0 Å². The topological polar surface area (TPSA) is 29.3 Å². The van der Waals surface area contributed by atoms with Crippen molar-refractivity contribution in [1.29, 1.82) is 0 Å². The van der Waals surface area contributed by atoms with Gasteiger partial charge >= 0.3 is 6.18 Å². The molecule has 1 saturated heterocycles. The van der Waals surface area contributed by atoms with Crippen molar-refractivity contribution in [3.63, 3.8) is 0 Å². The summed E-state index contributed by atoms with van der Waals surface area (Å²) in [6.07, 6.45) is -3.81. The van der Waals surface area contributed by atoms with Crippen molar-refractivity contribution in [2.24, 2.45) is 11.7 Å². The highest BCUT2D eigenvalue weighted by atomic mass is 19.4. The monoisotopic (exact) mass is 276 g/mol. The predicted molar refractivity (Wildman–Crippen MR) is 65.4 cm³/mol. The van der Waals surface area contributed by atoms with Gasteiger partial charge in [-0.1, -0.05) is 6.92 Å². The maximum Gasteiger partial charge on any atom is 0.416 e. The summed E-state index contributed by atoms with van der Waals surface area (Å²) in [6, 6.07) is 2.72. The van der Waals surface area contributed by atoms with Crippen LogP contribution in [0.15, 0.2) is 18.2 Å². The summed E-state index contributed by atoms with van der Waals surface area (Å²) in [5, 5.41) is 0. The third kappa shape index (κ3) is 3.00. The van der Waals surface area contributed by atoms with Crippen LogP contribution in [0.5, 0.6) is 0 Å². The Hall–Kier alpha value is -1.30. The Morgan fingerprint density at radius 3 is 2.53 bits per heavy atom. The van der Waals surface area contributed by atoms with Crippen molar-refractivity contribution in [3.05, 3.63) is 29.6 Å². The third-order valence-electron chi connectivity index (χ3n) is 3.59. The van der Waals surface area contributed by atoms with Gasteiger partial charge in [-0.25, -0.2) is 4.39 Å². The van der Waals surface area contributed by atoms with E-state index in [0.29, 0.717) is 25.6 Å². The lowest BCUT2D eigenvalue weighted by Crippen LogP contribution is -2.46. The first kappa shape index (κ1) is 14.1. The molecule has 1 aliphatic heterocycles. The molecule has 6 heteroatoms. The predicted octanol–water partition coefficient (Wildman–Crippen LogP) is 3.02. The van der Waals surface area contributed by atoms with Crippen molar-refractivity contribution in [1.82, 2.24) is 0 Å².